The topological polar surface area (TPSA) is 75.7 Å². The Bertz CT molecular complexity index is 1100. The number of nitrogens with one attached hydrogen (secondary N) is 1. The standard InChI is InChI=1S/C25H28N2O4S/c1-3-31-23-14-16-24(17-15-23)32(29,30)27(22-12-8-5-9-13-22)19-25(28)26-18-20(2)21-10-6-4-7-11-21/h4-17,20H,3,18-19H2,1-2H3,(H,26,28). The Labute approximate surface area is 189 Å². The quantitative estimate of drug-likeness (QED) is 0.500. The van der Waals surface area contributed by atoms with Crippen molar-refractivity contribution in [2.24, 2.45) is 0 Å². The van der Waals surface area contributed by atoms with Crippen LogP contribution in [-0.2, 0) is 14.8 Å². The minimum atomic E-state index is -3.95. The number of amides is 1. The van der Waals surface area contributed by atoms with Crippen LogP contribution in [0.1, 0.15) is 25.3 Å². The van der Waals surface area contributed by atoms with E-state index in [9.17, 15) is 13.2 Å². The molecule has 0 bridgehead atoms. The van der Waals surface area contributed by atoms with Gasteiger partial charge in [0, 0.05) is 6.54 Å². The van der Waals surface area contributed by atoms with Crippen LogP contribution in [0.5, 0.6) is 5.75 Å². The van der Waals surface area contributed by atoms with Crippen LogP contribution < -0.4 is 14.4 Å². The van der Waals surface area contributed by atoms with Crippen LogP contribution in [0.2, 0.25) is 0 Å². The number of hydrogen-bond donors (Lipinski definition) is 1. The molecule has 3 aromatic carbocycles. The summed E-state index contributed by atoms with van der Waals surface area (Å²) < 4.78 is 33.3. The zero-order chi connectivity index (χ0) is 23.0. The van der Waals surface area contributed by atoms with Crippen LogP contribution in [0.4, 0.5) is 5.69 Å². The summed E-state index contributed by atoms with van der Waals surface area (Å²) in [7, 11) is -3.95. The van der Waals surface area contributed by atoms with Gasteiger partial charge >= 0.3 is 0 Å². The van der Waals surface area contributed by atoms with Gasteiger partial charge in [-0.1, -0.05) is 55.5 Å². The minimum absolute atomic E-state index is 0.0928. The molecule has 0 aliphatic rings. The highest BCUT2D eigenvalue weighted by molar-refractivity contribution is 7.92. The number of hydrogen-bond acceptors (Lipinski definition) is 4. The number of benzene rings is 3. The fraction of sp³-hybridized carbons (Fsp3) is 0.240. The van der Waals surface area contributed by atoms with Crippen molar-refractivity contribution in [2.75, 3.05) is 24.0 Å². The van der Waals surface area contributed by atoms with Gasteiger partial charge in [0.2, 0.25) is 5.91 Å². The lowest BCUT2D eigenvalue weighted by molar-refractivity contribution is -0.119. The second kappa shape index (κ2) is 10.8. The molecule has 0 radical (unpaired) electrons. The lowest BCUT2D eigenvalue weighted by atomic mass is 10.0. The van der Waals surface area contributed by atoms with Crippen molar-refractivity contribution < 1.29 is 17.9 Å². The molecule has 0 spiro atoms. The van der Waals surface area contributed by atoms with Crippen LogP contribution in [-0.4, -0.2) is 34.0 Å². The van der Waals surface area contributed by atoms with Crippen molar-refractivity contribution in [3.8, 4) is 5.75 Å². The van der Waals surface area contributed by atoms with E-state index in [2.05, 4.69) is 5.32 Å². The van der Waals surface area contributed by atoms with Gasteiger partial charge in [0.25, 0.3) is 10.0 Å². The first-order chi connectivity index (χ1) is 15.4. The molecule has 1 amide bonds. The Morgan fingerprint density at radius 1 is 0.938 bits per heavy atom. The van der Waals surface area contributed by atoms with E-state index in [4.69, 9.17) is 4.74 Å². The fourth-order valence-corrected chi connectivity index (χ4v) is 4.68. The zero-order valence-corrected chi connectivity index (χ0v) is 19.1. The molecule has 3 aromatic rings. The van der Waals surface area contributed by atoms with Crippen LogP contribution in [0.25, 0.3) is 0 Å². The molecule has 0 heterocycles. The van der Waals surface area contributed by atoms with Gasteiger partial charge in [-0.05, 0) is 54.8 Å². The molecule has 1 atom stereocenters. The molecule has 6 nitrogen and oxygen atoms in total. The number of nitrogens with zero attached hydrogens (tertiary/aromatic N) is 1. The predicted octanol–water partition coefficient (Wildman–Crippen LogP) is 4.20. The SMILES string of the molecule is CCOc1ccc(S(=O)(=O)N(CC(=O)NCC(C)c2ccccc2)c2ccccc2)cc1. The molecule has 168 valence electrons. The Kier molecular flexibility index (Phi) is 7.89. The van der Waals surface area contributed by atoms with E-state index in [1.54, 1.807) is 42.5 Å². The highest BCUT2D eigenvalue weighted by Crippen LogP contribution is 2.25. The van der Waals surface area contributed by atoms with Crippen LogP contribution in [0.15, 0.2) is 89.8 Å². The Balaban J connectivity index is 1.78. The van der Waals surface area contributed by atoms with Crippen molar-refractivity contribution in [3.05, 3.63) is 90.5 Å². The number of ether oxygens (including phenoxy) is 1. The Morgan fingerprint density at radius 3 is 2.12 bits per heavy atom. The summed E-state index contributed by atoms with van der Waals surface area (Å²) in [5.74, 6) is 0.324. The average Bonchev–Trinajstić information content (AvgIpc) is 2.82. The minimum Gasteiger partial charge on any atom is -0.494 e. The number of para-hydroxylation sites is 1. The number of rotatable bonds is 10. The summed E-state index contributed by atoms with van der Waals surface area (Å²) in [6, 6.07) is 24.7. The molecule has 0 aliphatic carbocycles. The number of anilines is 1. The van der Waals surface area contributed by atoms with Crippen molar-refractivity contribution in [2.45, 2.75) is 24.7 Å². The Hall–Kier alpha value is -3.32. The summed E-state index contributed by atoms with van der Waals surface area (Å²) in [6.45, 7) is 4.46. The second-order valence-corrected chi connectivity index (χ2v) is 9.23. The van der Waals surface area contributed by atoms with Gasteiger partial charge in [0.1, 0.15) is 12.3 Å². The second-order valence-electron chi connectivity index (χ2n) is 7.37. The fourth-order valence-electron chi connectivity index (χ4n) is 3.26. The normalized spacial score (nSPS) is 12.1. The van der Waals surface area contributed by atoms with Crippen molar-refractivity contribution >= 4 is 21.6 Å². The summed E-state index contributed by atoms with van der Waals surface area (Å²) in [6.07, 6.45) is 0. The van der Waals surface area contributed by atoms with Gasteiger partial charge in [0.05, 0.1) is 17.2 Å². The van der Waals surface area contributed by atoms with E-state index in [-0.39, 0.29) is 23.3 Å². The summed E-state index contributed by atoms with van der Waals surface area (Å²) in [5, 5.41) is 2.87. The third-order valence-corrected chi connectivity index (χ3v) is 6.82. The van der Waals surface area contributed by atoms with E-state index in [0.717, 1.165) is 9.87 Å². The van der Waals surface area contributed by atoms with Gasteiger partial charge in [-0.2, -0.15) is 0 Å². The summed E-state index contributed by atoms with van der Waals surface area (Å²) in [4.78, 5) is 12.8. The smallest absolute Gasteiger partial charge is 0.264 e. The third kappa shape index (κ3) is 5.88. The first-order valence-electron chi connectivity index (χ1n) is 10.5. The van der Waals surface area contributed by atoms with Crippen LogP contribution in [0, 0.1) is 0 Å². The van der Waals surface area contributed by atoms with Crippen molar-refractivity contribution in [3.63, 3.8) is 0 Å². The van der Waals surface area contributed by atoms with Crippen molar-refractivity contribution in [1.82, 2.24) is 5.32 Å². The lowest BCUT2D eigenvalue weighted by Gasteiger charge is -2.24. The van der Waals surface area contributed by atoms with Crippen LogP contribution in [0.3, 0.4) is 0 Å². The molecule has 1 N–H and O–H groups in total. The molecule has 0 saturated heterocycles. The number of sulfonamides is 1. The molecular formula is C25H28N2O4S. The van der Waals surface area contributed by atoms with Gasteiger partial charge in [-0.25, -0.2) is 8.42 Å². The summed E-state index contributed by atoms with van der Waals surface area (Å²) in [5.41, 5.74) is 1.53. The monoisotopic (exact) mass is 452 g/mol. The average molecular weight is 453 g/mol. The van der Waals surface area contributed by atoms with E-state index in [1.807, 2.05) is 44.2 Å². The number of carbonyl (C=O) groups excluding carboxylic acids is 1. The van der Waals surface area contributed by atoms with E-state index in [0.29, 0.717) is 24.6 Å². The van der Waals surface area contributed by atoms with Gasteiger partial charge in [-0.3, -0.25) is 9.10 Å². The molecule has 0 saturated carbocycles. The third-order valence-electron chi connectivity index (χ3n) is 5.03. The molecule has 0 aromatic heterocycles. The highest BCUT2D eigenvalue weighted by atomic mass is 32.2. The maximum atomic E-state index is 13.4. The number of carbonyl (C=O) groups is 1. The first-order valence-corrected chi connectivity index (χ1v) is 12.0. The summed E-state index contributed by atoms with van der Waals surface area (Å²) >= 11 is 0. The van der Waals surface area contributed by atoms with Gasteiger partial charge in [-0.15, -0.1) is 0 Å². The molecule has 0 fully saturated rings. The molecule has 3 rings (SSSR count). The van der Waals surface area contributed by atoms with Gasteiger partial charge < -0.3 is 10.1 Å². The van der Waals surface area contributed by atoms with Gasteiger partial charge in [0.15, 0.2) is 0 Å². The maximum absolute atomic E-state index is 13.4. The Morgan fingerprint density at radius 2 is 1.53 bits per heavy atom. The van der Waals surface area contributed by atoms with E-state index in [1.165, 1.54) is 12.1 Å². The largest absolute Gasteiger partial charge is 0.494 e. The highest BCUT2D eigenvalue weighted by Gasteiger charge is 2.27. The lowest BCUT2D eigenvalue weighted by Crippen LogP contribution is -2.41. The molecule has 32 heavy (non-hydrogen) atoms. The molecule has 1 unspecified atom stereocenters. The van der Waals surface area contributed by atoms with Crippen LogP contribution >= 0.6 is 0 Å². The molecular weight excluding hydrogens is 424 g/mol. The molecule has 0 aliphatic heterocycles. The predicted molar refractivity (Wildman–Crippen MR) is 126 cm³/mol. The first kappa shape index (κ1) is 23.3. The van der Waals surface area contributed by atoms with Crippen molar-refractivity contribution in [1.29, 1.82) is 0 Å². The molecule has 7 heteroatoms. The zero-order valence-electron chi connectivity index (χ0n) is 18.3. The van der Waals surface area contributed by atoms with E-state index < -0.39 is 10.0 Å². The van der Waals surface area contributed by atoms with E-state index >= 15 is 0 Å². The maximum Gasteiger partial charge on any atom is 0.264 e.